The molecular weight excluding hydrogens is 296 g/mol. The second kappa shape index (κ2) is 7.75. The van der Waals surface area contributed by atoms with Crippen molar-refractivity contribution in [3.05, 3.63) is 51.7 Å². The van der Waals surface area contributed by atoms with E-state index < -0.39 is 0 Å². The highest BCUT2D eigenvalue weighted by Crippen LogP contribution is 2.19. The number of carbonyl (C=O) groups excluding carboxylic acids is 2. The van der Waals surface area contributed by atoms with Crippen LogP contribution in [0.15, 0.2) is 35.7 Å². The van der Waals surface area contributed by atoms with Crippen LogP contribution in [-0.2, 0) is 11.2 Å². The number of hydrogen-bond donors (Lipinski definition) is 2. The average molecular weight is 316 g/mol. The highest BCUT2D eigenvalue weighted by Gasteiger charge is 2.11. The molecule has 4 nitrogen and oxygen atoms in total. The smallest absolute Gasteiger partial charge is 0.251 e. The minimum absolute atomic E-state index is 0.0197. The SMILES string of the molecule is CNC(=O)c1cccc(NC(=O)CCCc2cccs2)c1C. The molecule has 0 unspecified atom stereocenters. The van der Waals surface area contributed by atoms with E-state index in [1.54, 1.807) is 30.5 Å². The lowest BCUT2D eigenvalue weighted by molar-refractivity contribution is -0.116. The topological polar surface area (TPSA) is 58.2 Å². The summed E-state index contributed by atoms with van der Waals surface area (Å²) in [5.74, 6) is -0.167. The van der Waals surface area contributed by atoms with E-state index in [2.05, 4.69) is 16.7 Å². The predicted molar refractivity (Wildman–Crippen MR) is 90.5 cm³/mol. The Kier molecular flexibility index (Phi) is 5.72. The Morgan fingerprint density at radius 1 is 1.18 bits per heavy atom. The maximum Gasteiger partial charge on any atom is 0.251 e. The molecule has 2 N–H and O–H groups in total. The van der Waals surface area contributed by atoms with Crippen LogP contribution >= 0.6 is 11.3 Å². The maximum atomic E-state index is 12.0. The van der Waals surface area contributed by atoms with Gasteiger partial charge in [-0.05, 0) is 48.9 Å². The minimum Gasteiger partial charge on any atom is -0.355 e. The highest BCUT2D eigenvalue weighted by molar-refractivity contribution is 7.09. The number of thiophene rings is 1. The van der Waals surface area contributed by atoms with Crippen LogP contribution in [0.4, 0.5) is 5.69 Å². The van der Waals surface area contributed by atoms with Crippen LogP contribution in [0.3, 0.4) is 0 Å². The summed E-state index contributed by atoms with van der Waals surface area (Å²) < 4.78 is 0. The molecule has 0 aliphatic heterocycles. The number of aryl methyl sites for hydroxylation is 1. The zero-order valence-corrected chi connectivity index (χ0v) is 13.6. The van der Waals surface area contributed by atoms with Gasteiger partial charge in [-0.2, -0.15) is 0 Å². The number of carbonyl (C=O) groups is 2. The molecule has 2 rings (SSSR count). The van der Waals surface area contributed by atoms with Gasteiger partial charge < -0.3 is 10.6 Å². The zero-order valence-electron chi connectivity index (χ0n) is 12.8. The summed E-state index contributed by atoms with van der Waals surface area (Å²) in [6.45, 7) is 1.84. The number of rotatable bonds is 6. The largest absolute Gasteiger partial charge is 0.355 e. The fraction of sp³-hybridized carbons (Fsp3) is 0.294. The molecule has 2 aromatic rings. The first-order chi connectivity index (χ1) is 10.6. The number of amides is 2. The van der Waals surface area contributed by atoms with Crippen LogP contribution in [0, 0.1) is 6.92 Å². The third-order valence-electron chi connectivity index (χ3n) is 3.49. The molecule has 0 bridgehead atoms. The molecule has 1 aromatic heterocycles. The van der Waals surface area contributed by atoms with Crippen molar-refractivity contribution >= 4 is 28.8 Å². The summed E-state index contributed by atoms with van der Waals surface area (Å²) in [4.78, 5) is 25.1. The second-order valence-corrected chi connectivity index (χ2v) is 6.07. The Bertz CT molecular complexity index is 651. The molecule has 1 heterocycles. The van der Waals surface area contributed by atoms with Gasteiger partial charge in [-0.1, -0.05) is 12.1 Å². The van der Waals surface area contributed by atoms with Crippen molar-refractivity contribution in [2.75, 3.05) is 12.4 Å². The van der Waals surface area contributed by atoms with Gasteiger partial charge in [-0.15, -0.1) is 11.3 Å². The summed E-state index contributed by atoms with van der Waals surface area (Å²) in [5, 5.41) is 7.54. The quantitative estimate of drug-likeness (QED) is 0.858. The fourth-order valence-corrected chi connectivity index (χ4v) is 2.99. The van der Waals surface area contributed by atoms with Crippen molar-refractivity contribution < 1.29 is 9.59 Å². The lowest BCUT2D eigenvalue weighted by Crippen LogP contribution is -2.20. The molecule has 0 aliphatic carbocycles. The second-order valence-electron chi connectivity index (χ2n) is 5.04. The van der Waals surface area contributed by atoms with Gasteiger partial charge in [-0.3, -0.25) is 9.59 Å². The van der Waals surface area contributed by atoms with E-state index in [1.165, 1.54) is 4.88 Å². The summed E-state index contributed by atoms with van der Waals surface area (Å²) in [7, 11) is 1.59. The van der Waals surface area contributed by atoms with E-state index in [1.807, 2.05) is 24.4 Å². The maximum absolute atomic E-state index is 12.0. The van der Waals surface area contributed by atoms with E-state index in [0.29, 0.717) is 17.7 Å². The van der Waals surface area contributed by atoms with Gasteiger partial charge in [0.1, 0.15) is 0 Å². The Hall–Kier alpha value is -2.14. The van der Waals surface area contributed by atoms with Crippen LogP contribution in [0.2, 0.25) is 0 Å². The van der Waals surface area contributed by atoms with Gasteiger partial charge in [0.05, 0.1) is 0 Å². The molecule has 2 amide bonds. The van der Waals surface area contributed by atoms with E-state index >= 15 is 0 Å². The van der Waals surface area contributed by atoms with Crippen LogP contribution in [0.1, 0.15) is 33.6 Å². The molecular formula is C17H20N2O2S. The molecule has 22 heavy (non-hydrogen) atoms. The van der Waals surface area contributed by atoms with Crippen molar-refractivity contribution in [3.8, 4) is 0 Å². The first-order valence-electron chi connectivity index (χ1n) is 7.25. The molecule has 0 spiro atoms. The number of anilines is 1. The third kappa shape index (κ3) is 4.18. The van der Waals surface area contributed by atoms with Crippen molar-refractivity contribution in [3.63, 3.8) is 0 Å². The fourth-order valence-electron chi connectivity index (χ4n) is 2.24. The molecule has 5 heteroatoms. The predicted octanol–water partition coefficient (Wildman–Crippen LogP) is 3.38. The summed E-state index contributed by atoms with van der Waals surface area (Å²) in [6.07, 6.45) is 2.21. The van der Waals surface area contributed by atoms with Gasteiger partial charge in [0.2, 0.25) is 5.91 Å². The highest BCUT2D eigenvalue weighted by atomic mass is 32.1. The van der Waals surface area contributed by atoms with E-state index in [0.717, 1.165) is 18.4 Å². The van der Waals surface area contributed by atoms with Crippen molar-refractivity contribution in [1.82, 2.24) is 5.32 Å². The van der Waals surface area contributed by atoms with Crippen molar-refractivity contribution in [2.24, 2.45) is 0 Å². The monoisotopic (exact) mass is 316 g/mol. The van der Waals surface area contributed by atoms with Crippen molar-refractivity contribution in [2.45, 2.75) is 26.2 Å². The first-order valence-corrected chi connectivity index (χ1v) is 8.13. The molecule has 0 fully saturated rings. The normalized spacial score (nSPS) is 10.3. The summed E-state index contributed by atoms with van der Waals surface area (Å²) in [5.41, 5.74) is 2.06. The van der Waals surface area contributed by atoms with Crippen LogP contribution < -0.4 is 10.6 Å². The molecule has 0 saturated heterocycles. The summed E-state index contributed by atoms with van der Waals surface area (Å²) >= 11 is 1.71. The van der Waals surface area contributed by atoms with Gasteiger partial charge in [0, 0.05) is 29.6 Å². The number of hydrogen-bond acceptors (Lipinski definition) is 3. The van der Waals surface area contributed by atoms with E-state index in [-0.39, 0.29) is 11.8 Å². The van der Waals surface area contributed by atoms with E-state index in [4.69, 9.17) is 0 Å². The van der Waals surface area contributed by atoms with Gasteiger partial charge in [-0.25, -0.2) is 0 Å². The lowest BCUT2D eigenvalue weighted by Gasteiger charge is -2.11. The molecule has 116 valence electrons. The van der Waals surface area contributed by atoms with Gasteiger partial charge in [0.15, 0.2) is 0 Å². The lowest BCUT2D eigenvalue weighted by atomic mass is 10.1. The summed E-state index contributed by atoms with van der Waals surface area (Å²) in [6, 6.07) is 9.45. The standard InChI is InChI=1S/C17H20N2O2S/c1-12-14(17(21)18-2)8-4-9-15(12)19-16(20)10-3-6-13-7-5-11-22-13/h4-5,7-9,11H,3,6,10H2,1-2H3,(H,18,21)(H,19,20). The molecule has 0 atom stereocenters. The third-order valence-corrected chi connectivity index (χ3v) is 4.42. The average Bonchev–Trinajstić information content (AvgIpc) is 3.02. The van der Waals surface area contributed by atoms with Crippen LogP contribution in [0.5, 0.6) is 0 Å². The van der Waals surface area contributed by atoms with Crippen LogP contribution in [0.25, 0.3) is 0 Å². The number of benzene rings is 1. The Labute approximate surface area is 134 Å². The van der Waals surface area contributed by atoms with Gasteiger partial charge >= 0.3 is 0 Å². The molecule has 0 saturated carbocycles. The van der Waals surface area contributed by atoms with Gasteiger partial charge in [0.25, 0.3) is 5.91 Å². The zero-order chi connectivity index (χ0) is 15.9. The number of nitrogens with one attached hydrogen (secondary N) is 2. The minimum atomic E-state index is -0.147. The Balaban J connectivity index is 1.92. The van der Waals surface area contributed by atoms with Crippen LogP contribution in [-0.4, -0.2) is 18.9 Å². The molecule has 0 aliphatic rings. The first kappa shape index (κ1) is 16.2. The Morgan fingerprint density at radius 2 is 2.00 bits per heavy atom. The molecule has 0 radical (unpaired) electrons. The Morgan fingerprint density at radius 3 is 2.68 bits per heavy atom. The van der Waals surface area contributed by atoms with Crippen molar-refractivity contribution in [1.29, 1.82) is 0 Å². The van der Waals surface area contributed by atoms with E-state index in [9.17, 15) is 9.59 Å². The molecule has 1 aromatic carbocycles.